The minimum Gasteiger partial charge on any atom is -0.348 e. The molecule has 1 atom stereocenters. The molecule has 0 spiro atoms. The molecule has 0 bridgehead atoms. The van der Waals surface area contributed by atoms with Crippen molar-refractivity contribution in [3.05, 3.63) is 70.2 Å². The Morgan fingerprint density at radius 3 is 2.85 bits per heavy atom. The quantitative estimate of drug-likeness (QED) is 0.657. The summed E-state index contributed by atoms with van der Waals surface area (Å²) in [6, 6.07) is 9.13. The first kappa shape index (κ1) is 18.8. The molecular formula is C20H22N4O2S. The predicted octanol–water partition coefficient (Wildman–Crippen LogP) is 3.46. The second-order valence-corrected chi connectivity index (χ2v) is 7.24. The topological polar surface area (TPSA) is 76.0 Å². The number of hydrogen-bond donors (Lipinski definition) is 2. The molecule has 0 aliphatic rings. The van der Waals surface area contributed by atoms with Crippen molar-refractivity contribution in [1.82, 2.24) is 15.1 Å². The number of aromatic nitrogens is 2. The summed E-state index contributed by atoms with van der Waals surface area (Å²) in [4.78, 5) is 24.9. The smallest absolute Gasteiger partial charge is 0.251 e. The van der Waals surface area contributed by atoms with E-state index in [4.69, 9.17) is 0 Å². The highest BCUT2D eigenvalue weighted by molar-refractivity contribution is 7.07. The molecule has 140 valence electrons. The lowest BCUT2D eigenvalue weighted by Crippen LogP contribution is -2.26. The molecule has 0 saturated heterocycles. The fraction of sp³-hybridized carbons (Fsp3) is 0.250. The van der Waals surface area contributed by atoms with Gasteiger partial charge in [0.2, 0.25) is 5.91 Å². The molecule has 3 aromatic rings. The molecule has 1 aromatic carbocycles. The highest BCUT2D eigenvalue weighted by Gasteiger charge is 2.16. The normalized spacial score (nSPS) is 11.8. The van der Waals surface area contributed by atoms with Gasteiger partial charge in [-0.25, -0.2) is 0 Å². The molecule has 3 rings (SSSR count). The highest BCUT2D eigenvalue weighted by atomic mass is 32.1. The van der Waals surface area contributed by atoms with Gasteiger partial charge in [-0.05, 0) is 53.1 Å². The van der Waals surface area contributed by atoms with Crippen LogP contribution in [0.15, 0.2) is 53.5 Å². The average molecular weight is 382 g/mol. The molecule has 0 radical (unpaired) electrons. The average Bonchev–Trinajstić information content (AvgIpc) is 3.35. The van der Waals surface area contributed by atoms with Crippen molar-refractivity contribution in [2.24, 2.45) is 5.92 Å². The number of thiophene rings is 1. The number of benzene rings is 1. The van der Waals surface area contributed by atoms with E-state index in [0.29, 0.717) is 24.3 Å². The van der Waals surface area contributed by atoms with Crippen molar-refractivity contribution in [3.8, 4) is 0 Å². The van der Waals surface area contributed by atoms with Crippen molar-refractivity contribution in [1.29, 1.82) is 0 Å². The summed E-state index contributed by atoms with van der Waals surface area (Å²) in [7, 11) is 0. The fourth-order valence-corrected chi connectivity index (χ4v) is 3.27. The third kappa shape index (κ3) is 5.04. The molecule has 2 amide bonds. The summed E-state index contributed by atoms with van der Waals surface area (Å²) in [5, 5.41) is 13.9. The molecule has 7 heteroatoms. The van der Waals surface area contributed by atoms with Crippen molar-refractivity contribution in [2.45, 2.75) is 26.9 Å². The number of anilines is 1. The second kappa shape index (κ2) is 8.64. The molecule has 0 aliphatic carbocycles. The van der Waals surface area contributed by atoms with Gasteiger partial charge in [-0.15, -0.1) is 0 Å². The number of nitrogens with one attached hydrogen (secondary N) is 2. The van der Waals surface area contributed by atoms with Crippen molar-refractivity contribution < 1.29 is 9.59 Å². The third-order valence-corrected chi connectivity index (χ3v) is 4.99. The fourth-order valence-electron chi connectivity index (χ4n) is 2.60. The third-order valence-electron chi connectivity index (χ3n) is 4.26. The van der Waals surface area contributed by atoms with Gasteiger partial charge < -0.3 is 10.6 Å². The second-order valence-electron chi connectivity index (χ2n) is 6.46. The zero-order chi connectivity index (χ0) is 19.2. The Balaban J connectivity index is 1.63. The molecule has 6 nitrogen and oxygen atoms in total. The molecule has 27 heavy (non-hydrogen) atoms. The Hall–Kier alpha value is -2.93. The van der Waals surface area contributed by atoms with E-state index in [1.54, 1.807) is 34.3 Å². The van der Waals surface area contributed by atoms with Gasteiger partial charge in [0.1, 0.15) is 0 Å². The molecule has 0 fully saturated rings. The molecule has 1 unspecified atom stereocenters. The van der Waals surface area contributed by atoms with Crippen molar-refractivity contribution in [2.75, 3.05) is 5.32 Å². The van der Waals surface area contributed by atoms with E-state index in [1.165, 1.54) is 0 Å². The van der Waals surface area contributed by atoms with Crippen LogP contribution >= 0.6 is 11.3 Å². The molecule has 0 saturated carbocycles. The SMILES string of the molecule is Cc1ccc(C(=O)NCc2ccsc2)cc1NC(=O)C(C)Cn1cccn1. The minimum absolute atomic E-state index is 0.107. The number of hydrogen-bond acceptors (Lipinski definition) is 4. The maximum absolute atomic E-state index is 12.5. The Labute approximate surface area is 162 Å². The Morgan fingerprint density at radius 2 is 2.15 bits per heavy atom. The Morgan fingerprint density at radius 1 is 1.30 bits per heavy atom. The number of aryl methyl sites for hydroxylation is 1. The van der Waals surface area contributed by atoms with Gasteiger partial charge in [0.25, 0.3) is 5.91 Å². The number of nitrogens with zero attached hydrogens (tertiary/aromatic N) is 2. The molecule has 2 aromatic heterocycles. The van der Waals surface area contributed by atoms with Gasteiger partial charge >= 0.3 is 0 Å². The van der Waals surface area contributed by atoms with Crippen LogP contribution in [-0.2, 0) is 17.9 Å². The van der Waals surface area contributed by atoms with E-state index in [1.807, 2.05) is 49.0 Å². The van der Waals surface area contributed by atoms with Crippen LogP contribution in [0.5, 0.6) is 0 Å². The first-order valence-corrected chi connectivity index (χ1v) is 9.65. The van der Waals surface area contributed by atoms with Gasteiger partial charge in [-0.2, -0.15) is 16.4 Å². The van der Waals surface area contributed by atoms with E-state index < -0.39 is 0 Å². The summed E-state index contributed by atoms with van der Waals surface area (Å²) >= 11 is 1.60. The van der Waals surface area contributed by atoms with E-state index in [0.717, 1.165) is 11.1 Å². The Bertz CT molecular complexity index is 904. The zero-order valence-corrected chi connectivity index (χ0v) is 16.1. The van der Waals surface area contributed by atoms with Crippen LogP contribution in [0.3, 0.4) is 0 Å². The number of rotatable bonds is 7. The molecule has 2 heterocycles. The summed E-state index contributed by atoms with van der Waals surface area (Å²) in [5.74, 6) is -0.522. The maximum atomic E-state index is 12.5. The lowest BCUT2D eigenvalue weighted by molar-refractivity contribution is -0.119. The highest BCUT2D eigenvalue weighted by Crippen LogP contribution is 2.18. The van der Waals surface area contributed by atoms with Crippen molar-refractivity contribution >= 4 is 28.8 Å². The molecule has 0 aliphatic heterocycles. The van der Waals surface area contributed by atoms with Crippen LogP contribution in [0.25, 0.3) is 0 Å². The van der Waals surface area contributed by atoms with Crippen molar-refractivity contribution in [3.63, 3.8) is 0 Å². The molecule has 2 N–H and O–H groups in total. The summed E-state index contributed by atoms with van der Waals surface area (Å²) in [5.41, 5.74) is 3.15. The predicted molar refractivity (Wildman–Crippen MR) is 107 cm³/mol. The lowest BCUT2D eigenvalue weighted by atomic mass is 10.1. The van der Waals surface area contributed by atoms with Crippen LogP contribution in [0.2, 0.25) is 0 Å². The summed E-state index contributed by atoms with van der Waals surface area (Å²) < 4.78 is 1.73. The standard InChI is InChI=1S/C20H22N4O2S/c1-14-4-5-17(20(26)21-11-16-6-9-27-13-16)10-18(14)23-19(25)15(2)12-24-8-3-7-22-24/h3-10,13,15H,11-12H2,1-2H3,(H,21,26)(H,23,25). The zero-order valence-electron chi connectivity index (χ0n) is 15.3. The van der Waals surface area contributed by atoms with Crippen LogP contribution in [0.4, 0.5) is 5.69 Å². The van der Waals surface area contributed by atoms with Gasteiger partial charge in [-0.1, -0.05) is 13.0 Å². The van der Waals surface area contributed by atoms with E-state index in [2.05, 4.69) is 15.7 Å². The minimum atomic E-state index is -0.250. The largest absolute Gasteiger partial charge is 0.348 e. The van der Waals surface area contributed by atoms with Gasteiger partial charge in [0.05, 0.1) is 12.5 Å². The first-order valence-electron chi connectivity index (χ1n) is 8.71. The number of amides is 2. The Kier molecular flexibility index (Phi) is 6.03. The number of carbonyl (C=O) groups excluding carboxylic acids is 2. The van der Waals surface area contributed by atoms with Gasteiger partial charge in [0.15, 0.2) is 0 Å². The molecular weight excluding hydrogens is 360 g/mol. The number of carbonyl (C=O) groups is 2. The maximum Gasteiger partial charge on any atom is 0.251 e. The summed E-state index contributed by atoms with van der Waals surface area (Å²) in [6.45, 7) is 4.74. The van der Waals surface area contributed by atoms with Gasteiger partial charge in [-0.3, -0.25) is 14.3 Å². The van der Waals surface area contributed by atoms with Crippen LogP contribution in [0, 0.1) is 12.8 Å². The van der Waals surface area contributed by atoms with Crippen LogP contribution < -0.4 is 10.6 Å². The van der Waals surface area contributed by atoms with Gasteiger partial charge in [0, 0.05) is 30.2 Å². The monoisotopic (exact) mass is 382 g/mol. The van der Waals surface area contributed by atoms with E-state index in [-0.39, 0.29) is 17.7 Å². The van der Waals surface area contributed by atoms with Crippen LogP contribution in [-0.4, -0.2) is 21.6 Å². The van der Waals surface area contributed by atoms with E-state index >= 15 is 0 Å². The van der Waals surface area contributed by atoms with Crippen LogP contribution in [0.1, 0.15) is 28.4 Å². The lowest BCUT2D eigenvalue weighted by Gasteiger charge is -2.15. The van der Waals surface area contributed by atoms with E-state index in [9.17, 15) is 9.59 Å². The first-order chi connectivity index (χ1) is 13.0. The summed E-state index contributed by atoms with van der Waals surface area (Å²) in [6.07, 6.45) is 3.51.